The minimum absolute atomic E-state index is 0.000130. The fraction of sp³-hybridized carbons (Fsp3) is 0.500. The van der Waals surface area contributed by atoms with Gasteiger partial charge in [0.05, 0.1) is 11.3 Å². The van der Waals surface area contributed by atoms with Gasteiger partial charge in [-0.25, -0.2) is 4.79 Å². The molecule has 1 fully saturated rings. The molecule has 2 heterocycles. The van der Waals surface area contributed by atoms with Crippen LogP contribution in [0.5, 0.6) is 0 Å². The molecule has 1 aromatic heterocycles. The lowest BCUT2D eigenvalue weighted by Crippen LogP contribution is -2.36. The molecule has 1 atom stereocenters. The van der Waals surface area contributed by atoms with Crippen LogP contribution in [0.3, 0.4) is 0 Å². The summed E-state index contributed by atoms with van der Waals surface area (Å²) in [7, 11) is 0. The lowest BCUT2D eigenvalue weighted by molar-refractivity contribution is -0.129. The molecule has 0 saturated carbocycles. The summed E-state index contributed by atoms with van der Waals surface area (Å²) in [6.45, 7) is 2.62. The monoisotopic (exact) mass is 299 g/mol. The van der Waals surface area contributed by atoms with Gasteiger partial charge in [-0.05, 0) is 30.4 Å². The van der Waals surface area contributed by atoms with Crippen molar-refractivity contribution in [1.82, 2.24) is 8.87 Å². The van der Waals surface area contributed by atoms with Crippen molar-refractivity contribution in [1.29, 1.82) is 0 Å². The van der Waals surface area contributed by atoms with Gasteiger partial charge in [0.25, 0.3) is 0 Å². The first-order chi connectivity index (χ1) is 9.41. The van der Waals surface area contributed by atoms with Gasteiger partial charge in [0.1, 0.15) is 5.69 Å². The highest BCUT2D eigenvalue weighted by Gasteiger charge is 2.27. The van der Waals surface area contributed by atoms with E-state index in [2.05, 4.69) is 0 Å². The summed E-state index contributed by atoms with van der Waals surface area (Å²) in [6, 6.07) is 1.54. The summed E-state index contributed by atoms with van der Waals surface area (Å²) < 4.78 is 22.8. The smallest absolute Gasteiger partial charge is 0.353 e. The maximum atomic E-state index is 11.3. The lowest BCUT2D eigenvalue weighted by Gasteiger charge is -2.31. The zero-order valence-corrected chi connectivity index (χ0v) is 11.8. The van der Waals surface area contributed by atoms with E-state index in [0.29, 0.717) is 31.5 Å². The number of aromatic carboxylic acids is 1. The number of carbonyl (C=O) groups is 2. The Morgan fingerprint density at radius 3 is 2.45 bits per heavy atom. The first-order valence-electron chi connectivity index (χ1n) is 6.21. The Balaban J connectivity index is 2.24. The van der Waals surface area contributed by atoms with Gasteiger partial charge in [-0.15, -0.1) is 0 Å². The SMILES string of the molecule is CC(=O)N1CCC(c2ccn(S(=O)[O-])c2C(=O)O)CC1. The van der Waals surface area contributed by atoms with Gasteiger partial charge in [-0.3, -0.25) is 13.0 Å². The first-order valence-corrected chi connectivity index (χ1v) is 7.24. The molecule has 0 bridgehead atoms. The Hall–Kier alpha value is -1.67. The second-order valence-electron chi connectivity index (χ2n) is 4.75. The maximum absolute atomic E-state index is 11.3. The second kappa shape index (κ2) is 5.76. The molecule has 1 aromatic rings. The van der Waals surface area contributed by atoms with E-state index >= 15 is 0 Å². The molecule has 1 unspecified atom stereocenters. The van der Waals surface area contributed by atoms with E-state index in [9.17, 15) is 23.5 Å². The number of hydrogen-bond donors (Lipinski definition) is 1. The molecular formula is C12H15N2O5S-. The van der Waals surface area contributed by atoms with Crippen molar-refractivity contribution in [2.75, 3.05) is 13.1 Å². The second-order valence-corrected chi connectivity index (χ2v) is 5.58. The number of carboxylic acid groups (broad SMARTS) is 1. The van der Waals surface area contributed by atoms with Crippen molar-refractivity contribution in [3.8, 4) is 0 Å². The molecule has 1 saturated heterocycles. The minimum Gasteiger partial charge on any atom is -0.755 e. The van der Waals surface area contributed by atoms with Crippen LogP contribution in [0.15, 0.2) is 12.3 Å². The summed E-state index contributed by atoms with van der Waals surface area (Å²) >= 11 is -2.64. The van der Waals surface area contributed by atoms with Crippen LogP contribution in [0, 0.1) is 0 Å². The molecule has 1 N–H and O–H groups in total. The normalized spacial score (nSPS) is 18.0. The quantitative estimate of drug-likeness (QED) is 0.821. The van der Waals surface area contributed by atoms with Crippen molar-refractivity contribution in [3.63, 3.8) is 0 Å². The van der Waals surface area contributed by atoms with Gasteiger partial charge >= 0.3 is 5.97 Å². The summed E-state index contributed by atoms with van der Waals surface area (Å²) in [5, 5.41) is 9.20. The number of carbonyl (C=O) groups excluding carboxylic acids is 1. The first kappa shape index (κ1) is 14.7. The van der Waals surface area contributed by atoms with Crippen molar-refractivity contribution < 1.29 is 23.5 Å². The molecule has 0 spiro atoms. The fourth-order valence-corrected chi connectivity index (χ4v) is 3.10. The Morgan fingerprint density at radius 1 is 1.40 bits per heavy atom. The van der Waals surface area contributed by atoms with Crippen molar-refractivity contribution in [3.05, 3.63) is 23.5 Å². The largest absolute Gasteiger partial charge is 0.755 e. The van der Waals surface area contributed by atoms with Gasteiger partial charge in [0, 0.05) is 26.2 Å². The van der Waals surface area contributed by atoms with Crippen LogP contribution in [0.2, 0.25) is 0 Å². The fourth-order valence-electron chi connectivity index (χ4n) is 2.61. The highest BCUT2D eigenvalue weighted by atomic mass is 32.2. The third-order valence-corrected chi connectivity index (χ3v) is 4.25. The zero-order valence-electron chi connectivity index (χ0n) is 10.9. The zero-order chi connectivity index (χ0) is 14.9. The van der Waals surface area contributed by atoms with Crippen LogP contribution >= 0.6 is 0 Å². The van der Waals surface area contributed by atoms with Crippen LogP contribution in [0.1, 0.15) is 41.7 Å². The number of carboxylic acids is 1. The van der Waals surface area contributed by atoms with E-state index in [1.54, 1.807) is 4.90 Å². The Labute approximate surface area is 118 Å². The number of rotatable bonds is 3. The van der Waals surface area contributed by atoms with E-state index < -0.39 is 17.2 Å². The van der Waals surface area contributed by atoms with E-state index in [-0.39, 0.29) is 17.5 Å². The van der Waals surface area contributed by atoms with Crippen molar-refractivity contribution >= 4 is 23.1 Å². The van der Waals surface area contributed by atoms with Crippen LogP contribution in [-0.4, -0.2) is 47.7 Å². The number of amides is 1. The number of aromatic nitrogens is 1. The third kappa shape index (κ3) is 2.75. The van der Waals surface area contributed by atoms with Gasteiger partial charge in [-0.1, -0.05) is 0 Å². The van der Waals surface area contributed by atoms with E-state index in [1.165, 1.54) is 19.2 Å². The minimum atomic E-state index is -2.64. The van der Waals surface area contributed by atoms with Crippen LogP contribution in [-0.2, 0) is 16.1 Å². The molecule has 0 aromatic carbocycles. The predicted molar refractivity (Wildman–Crippen MR) is 69.9 cm³/mol. The van der Waals surface area contributed by atoms with Gasteiger partial charge in [-0.2, -0.15) is 0 Å². The van der Waals surface area contributed by atoms with Gasteiger partial charge in [0.2, 0.25) is 5.91 Å². The number of hydrogen-bond acceptors (Lipinski definition) is 4. The predicted octanol–water partition coefficient (Wildman–Crippen LogP) is 0.554. The average Bonchev–Trinajstić information content (AvgIpc) is 2.83. The summed E-state index contributed by atoms with van der Waals surface area (Å²) in [5.41, 5.74) is 0.310. The molecule has 0 radical (unpaired) electrons. The molecule has 110 valence electrons. The number of nitrogens with zero attached hydrogens (tertiary/aromatic N) is 2. The standard InChI is InChI=1S/C12H16N2O5S/c1-8(15)13-5-2-9(3-6-13)10-4-7-14(20(18)19)11(10)12(16)17/h4,7,9H,2-3,5-6H2,1H3,(H,16,17)(H,18,19)/p-1. The molecular weight excluding hydrogens is 284 g/mol. The molecule has 1 amide bonds. The van der Waals surface area contributed by atoms with Gasteiger partial charge in [0.15, 0.2) is 0 Å². The maximum Gasteiger partial charge on any atom is 0.353 e. The van der Waals surface area contributed by atoms with Crippen LogP contribution in [0.25, 0.3) is 0 Å². The molecule has 20 heavy (non-hydrogen) atoms. The topological polar surface area (TPSA) is 103 Å². The average molecular weight is 299 g/mol. The molecule has 1 aliphatic heterocycles. The molecule has 1 aliphatic rings. The van der Waals surface area contributed by atoms with E-state index in [0.717, 1.165) is 3.97 Å². The van der Waals surface area contributed by atoms with Gasteiger partial charge < -0.3 is 14.6 Å². The molecule has 7 nitrogen and oxygen atoms in total. The summed E-state index contributed by atoms with van der Waals surface area (Å²) in [6.07, 6.45) is 2.52. The van der Waals surface area contributed by atoms with Crippen molar-refractivity contribution in [2.45, 2.75) is 25.7 Å². The van der Waals surface area contributed by atoms with Crippen LogP contribution in [0.4, 0.5) is 0 Å². The number of piperidine rings is 1. The summed E-state index contributed by atoms with van der Waals surface area (Å²) in [4.78, 5) is 24.2. The van der Waals surface area contributed by atoms with E-state index in [1.807, 2.05) is 0 Å². The Bertz CT molecular complexity index is 560. The molecule has 2 rings (SSSR count). The Kier molecular flexibility index (Phi) is 4.24. The number of likely N-dealkylation sites (tertiary alicyclic amines) is 1. The highest BCUT2D eigenvalue weighted by molar-refractivity contribution is 7.77. The summed E-state index contributed by atoms with van der Waals surface area (Å²) in [5.74, 6) is -1.30. The highest BCUT2D eigenvalue weighted by Crippen LogP contribution is 2.31. The van der Waals surface area contributed by atoms with Crippen LogP contribution < -0.4 is 0 Å². The molecule has 0 aliphatic carbocycles. The van der Waals surface area contributed by atoms with Crippen molar-refractivity contribution in [2.24, 2.45) is 0 Å². The van der Waals surface area contributed by atoms with E-state index in [4.69, 9.17) is 0 Å². The molecule has 8 heteroatoms. The lowest BCUT2D eigenvalue weighted by atomic mass is 9.89. The Morgan fingerprint density at radius 2 is 2.00 bits per heavy atom. The third-order valence-electron chi connectivity index (χ3n) is 3.63.